The first-order valence-electron chi connectivity index (χ1n) is 9.00. The molecule has 0 bridgehead atoms. The topological polar surface area (TPSA) is 92.5 Å². The number of nitrogens with zero attached hydrogens (tertiary/aromatic N) is 1. The first-order valence-corrected chi connectivity index (χ1v) is 10.5. The van der Waals surface area contributed by atoms with E-state index in [1.807, 2.05) is 26.0 Å². The Morgan fingerprint density at radius 3 is 2.52 bits per heavy atom. The Hall–Kier alpha value is -2.38. The number of carbonyl (C=O) groups is 1. The van der Waals surface area contributed by atoms with Crippen molar-refractivity contribution in [2.75, 3.05) is 24.4 Å². The van der Waals surface area contributed by atoms with Crippen LogP contribution in [-0.2, 0) is 10.0 Å². The molecule has 1 amide bonds. The fraction of sp³-hybridized carbons (Fsp3) is 0.350. The smallest absolute Gasteiger partial charge is 0.261 e. The van der Waals surface area contributed by atoms with Crippen molar-refractivity contribution in [3.63, 3.8) is 0 Å². The molecular weight excluding hydrogens is 362 g/mol. The third-order valence-electron chi connectivity index (χ3n) is 5.17. The fourth-order valence-corrected chi connectivity index (χ4v) is 4.36. The van der Waals surface area contributed by atoms with Crippen LogP contribution in [0.25, 0.3) is 0 Å². The molecule has 1 aliphatic heterocycles. The third kappa shape index (κ3) is 4.14. The Labute approximate surface area is 160 Å². The average Bonchev–Trinajstić information content (AvgIpc) is 3.14. The number of carbonyl (C=O) groups excluding carboxylic acids is 1. The van der Waals surface area contributed by atoms with Gasteiger partial charge in [0.15, 0.2) is 0 Å². The van der Waals surface area contributed by atoms with Crippen molar-refractivity contribution < 1.29 is 13.2 Å². The lowest BCUT2D eigenvalue weighted by Crippen LogP contribution is -2.29. The largest absolute Gasteiger partial charge is 0.338 e. The van der Waals surface area contributed by atoms with Crippen LogP contribution in [0.5, 0.6) is 0 Å². The highest BCUT2D eigenvalue weighted by molar-refractivity contribution is 7.92. The molecule has 0 radical (unpaired) electrons. The van der Waals surface area contributed by atoms with Crippen LogP contribution in [0, 0.1) is 19.8 Å². The lowest BCUT2D eigenvalue weighted by atomic mass is 10.1. The fourth-order valence-electron chi connectivity index (χ4n) is 3.23. The summed E-state index contributed by atoms with van der Waals surface area (Å²) in [5.74, 6) is 0.257. The highest BCUT2D eigenvalue weighted by Gasteiger charge is 2.26. The summed E-state index contributed by atoms with van der Waals surface area (Å²) in [6.45, 7) is 5.73. The number of amides is 1. The Bertz CT molecular complexity index is 939. The van der Waals surface area contributed by atoms with Crippen molar-refractivity contribution in [2.24, 2.45) is 11.7 Å². The van der Waals surface area contributed by atoms with E-state index < -0.39 is 10.0 Å². The van der Waals surface area contributed by atoms with Crippen LogP contribution in [0.1, 0.15) is 27.9 Å². The number of sulfonamides is 1. The van der Waals surface area contributed by atoms with Crippen molar-refractivity contribution in [2.45, 2.75) is 25.2 Å². The molecule has 1 aliphatic rings. The Morgan fingerprint density at radius 2 is 1.89 bits per heavy atom. The molecule has 27 heavy (non-hydrogen) atoms. The quantitative estimate of drug-likeness (QED) is 0.824. The van der Waals surface area contributed by atoms with Gasteiger partial charge < -0.3 is 10.6 Å². The van der Waals surface area contributed by atoms with Crippen LogP contribution in [-0.4, -0.2) is 38.9 Å². The summed E-state index contributed by atoms with van der Waals surface area (Å²) < 4.78 is 28.0. The summed E-state index contributed by atoms with van der Waals surface area (Å²) in [4.78, 5) is 14.5. The minimum absolute atomic E-state index is 0.0858. The molecule has 0 aliphatic carbocycles. The van der Waals surface area contributed by atoms with Gasteiger partial charge in [0.25, 0.3) is 15.9 Å². The van der Waals surface area contributed by atoms with Crippen LogP contribution in [0.15, 0.2) is 47.4 Å². The molecule has 0 spiro atoms. The second-order valence-corrected chi connectivity index (χ2v) is 8.70. The number of anilines is 1. The molecule has 0 aromatic heterocycles. The van der Waals surface area contributed by atoms with Gasteiger partial charge in [-0.05, 0) is 74.2 Å². The molecule has 1 fully saturated rings. The van der Waals surface area contributed by atoms with E-state index in [1.54, 1.807) is 23.1 Å². The van der Waals surface area contributed by atoms with Gasteiger partial charge in [-0.15, -0.1) is 0 Å². The van der Waals surface area contributed by atoms with Crippen LogP contribution in [0.2, 0.25) is 0 Å². The summed E-state index contributed by atoms with van der Waals surface area (Å²) in [6, 6.07) is 11.5. The summed E-state index contributed by atoms with van der Waals surface area (Å²) >= 11 is 0. The summed E-state index contributed by atoms with van der Waals surface area (Å²) in [7, 11) is -3.72. The standard InChI is InChI=1S/C20H25N3O3S/c1-14-4-3-5-19(15(14)2)22-27(25,26)18-8-6-17(7-9-18)20(24)23-11-10-16(12-21)13-23/h3-9,16,22H,10-13,21H2,1-2H3. The second kappa shape index (κ2) is 7.70. The first-order chi connectivity index (χ1) is 12.8. The van der Waals surface area contributed by atoms with Crippen LogP contribution >= 0.6 is 0 Å². The molecule has 3 rings (SSSR count). The molecular formula is C20H25N3O3S. The first kappa shape index (κ1) is 19.4. The van der Waals surface area contributed by atoms with Gasteiger partial charge >= 0.3 is 0 Å². The Balaban J connectivity index is 1.76. The van der Waals surface area contributed by atoms with Gasteiger partial charge in [-0.3, -0.25) is 9.52 Å². The number of nitrogens with one attached hydrogen (secondary N) is 1. The van der Waals surface area contributed by atoms with E-state index in [0.717, 1.165) is 17.5 Å². The van der Waals surface area contributed by atoms with E-state index in [2.05, 4.69) is 4.72 Å². The molecule has 144 valence electrons. The minimum atomic E-state index is -3.72. The van der Waals surface area contributed by atoms with E-state index >= 15 is 0 Å². The third-order valence-corrected chi connectivity index (χ3v) is 6.55. The molecule has 1 saturated heterocycles. The van der Waals surface area contributed by atoms with Crippen LogP contribution < -0.4 is 10.5 Å². The van der Waals surface area contributed by atoms with Gasteiger partial charge in [-0.2, -0.15) is 0 Å². The van der Waals surface area contributed by atoms with Gasteiger partial charge in [0.1, 0.15) is 0 Å². The zero-order valence-corrected chi connectivity index (χ0v) is 16.4. The van der Waals surface area contributed by atoms with Crippen molar-refractivity contribution >= 4 is 21.6 Å². The lowest BCUT2D eigenvalue weighted by molar-refractivity contribution is 0.0787. The highest BCUT2D eigenvalue weighted by Crippen LogP contribution is 2.23. The molecule has 2 aromatic carbocycles. The monoisotopic (exact) mass is 387 g/mol. The van der Waals surface area contributed by atoms with Crippen molar-refractivity contribution in [1.29, 1.82) is 0 Å². The SMILES string of the molecule is Cc1cccc(NS(=O)(=O)c2ccc(C(=O)N3CCC(CN)C3)cc2)c1C. The zero-order valence-electron chi connectivity index (χ0n) is 15.6. The number of hydrogen-bond acceptors (Lipinski definition) is 4. The van der Waals surface area contributed by atoms with E-state index in [9.17, 15) is 13.2 Å². The molecule has 1 unspecified atom stereocenters. The predicted octanol–water partition coefficient (Wildman–Crippen LogP) is 2.53. The Morgan fingerprint density at radius 1 is 1.19 bits per heavy atom. The van der Waals surface area contributed by atoms with E-state index in [4.69, 9.17) is 5.73 Å². The molecule has 1 atom stereocenters. The summed E-state index contributed by atoms with van der Waals surface area (Å²) in [6.07, 6.45) is 0.911. The van der Waals surface area contributed by atoms with Gasteiger partial charge in [0.05, 0.1) is 10.6 Å². The molecule has 3 N–H and O–H groups in total. The predicted molar refractivity (Wildman–Crippen MR) is 106 cm³/mol. The van der Waals surface area contributed by atoms with E-state index in [1.165, 1.54) is 12.1 Å². The number of aryl methyl sites for hydroxylation is 1. The normalized spacial score (nSPS) is 17.1. The summed E-state index contributed by atoms with van der Waals surface area (Å²) in [5, 5.41) is 0. The lowest BCUT2D eigenvalue weighted by Gasteiger charge is -2.17. The maximum atomic E-state index is 12.7. The van der Waals surface area contributed by atoms with E-state index in [-0.39, 0.29) is 10.8 Å². The van der Waals surface area contributed by atoms with Crippen molar-refractivity contribution in [1.82, 2.24) is 4.90 Å². The number of nitrogens with two attached hydrogens (primary N) is 1. The maximum Gasteiger partial charge on any atom is 0.261 e. The van der Waals surface area contributed by atoms with Crippen LogP contribution in [0.4, 0.5) is 5.69 Å². The summed E-state index contributed by atoms with van der Waals surface area (Å²) in [5.41, 5.74) is 8.61. The van der Waals surface area contributed by atoms with E-state index in [0.29, 0.717) is 36.8 Å². The van der Waals surface area contributed by atoms with Gasteiger partial charge in [0, 0.05) is 18.7 Å². The van der Waals surface area contributed by atoms with Gasteiger partial charge in [-0.1, -0.05) is 12.1 Å². The van der Waals surface area contributed by atoms with Gasteiger partial charge in [0.2, 0.25) is 0 Å². The number of benzene rings is 2. The number of rotatable bonds is 5. The Kier molecular flexibility index (Phi) is 5.53. The number of likely N-dealkylation sites (tertiary alicyclic amines) is 1. The van der Waals surface area contributed by atoms with Gasteiger partial charge in [-0.25, -0.2) is 8.42 Å². The van der Waals surface area contributed by atoms with Crippen molar-refractivity contribution in [3.05, 3.63) is 59.2 Å². The zero-order chi connectivity index (χ0) is 19.6. The average molecular weight is 388 g/mol. The minimum Gasteiger partial charge on any atom is -0.338 e. The molecule has 0 saturated carbocycles. The molecule has 1 heterocycles. The number of hydrogen-bond donors (Lipinski definition) is 2. The molecule has 6 nitrogen and oxygen atoms in total. The van der Waals surface area contributed by atoms with Crippen LogP contribution in [0.3, 0.4) is 0 Å². The second-order valence-electron chi connectivity index (χ2n) is 7.02. The highest BCUT2D eigenvalue weighted by atomic mass is 32.2. The molecule has 7 heteroatoms. The maximum absolute atomic E-state index is 12.7. The van der Waals surface area contributed by atoms with Crippen molar-refractivity contribution in [3.8, 4) is 0 Å². The molecule has 2 aromatic rings.